The Morgan fingerprint density at radius 1 is 1.11 bits per heavy atom. The number of carbonyl (C=O) groups excluding carboxylic acids is 4. The fourth-order valence-electron chi connectivity index (χ4n) is 5.40. The molecule has 2 atom stereocenters. The third-order valence-electron chi connectivity index (χ3n) is 7.15. The van der Waals surface area contributed by atoms with Crippen molar-refractivity contribution in [2.24, 2.45) is 0 Å². The molecular weight excluding hydrogens is 448 g/mol. The van der Waals surface area contributed by atoms with Gasteiger partial charge in [0.15, 0.2) is 0 Å². The molecule has 2 heterocycles. The van der Waals surface area contributed by atoms with Crippen molar-refractivity contribution in [3.8, 4) is 0 Å². The number of hydrogen-bond donors (Lipinski definition) is 2. The molecule has 2 aromatic carbocycles. The number of amides is 5. The van der Waals surface area contributed by atoms with E-state index < -0.39 is 17.6 Å². The number of urea groups is 1. The molecule has 3 aliphatic rings. The monoisotopic (exact) mass is 476 g/mol. The number of hydrogen-bond acceptors (Lipinski definition) is 5. The van der Waals surface area contributed by atoms with Crippen LogP contribution in [0.15, 0.2) is 48.5 Å². The highest BCUT2D eigenvalue weighted by Crippen LogP contribution is 2.46. The van der Waals surface area contributed by atoms with Crippen LogP contribution in [0.25, 0.3) is 0 Å². The molecule has 2 N–H and O–H groups in total. The molecule has 182 valence electrons. The van der Waals surface area contributed by atoms with Crippen molar-refractivity contribution in [3.63, 3.8) is 0 Å². The summed E-state index contributed by atoms with van der Waals surface area (Å²) < 4.78 is 5.67. The van der Waals surface area contributed by atoms with E-state index in [0.29, 0.717) is 30.6 Å². The van der Waals surface area contributed by atoms with Crippen LogP contribution in [0, 0.1) is 0 Å². The van der Waals surface area contributed by atoms with E-state index in [-0.39, 0.29) is 24.5 Å². The van der Waals surface area contributed by atoms with Crippen molar-refractivity contribution in [1.82, 2.24) is 15.1 Å². The number of nitrogens with zero attached hydrogens (tertiary/aromatic N) is 2. The summed E-state index contributed by atoms with van der Waals surface area (Å²) in [4.78, 5) is 54.0. The smallest absolute Gasteiger partial charge is 0.418 e. The average Bonchev–Trinajstić information content (AvgIpc) is 3.36. The lowest BCUT2D eigenvalue weighted by molar-refractivity contribution is -0.143. The van der Waals surface area contributed by atoms with Crippen molar-refractivity contribution in [2.75, 3.05) is 25.5 Å². The number of aryl methyl sites for hydroxylation is 1. The summed E-state index contributed by atoms with van der Waals surface area (Å²) >= 11 is 0. The molecular formula is C26H28N4O5. The zero-order valence-corrected chi connectivity index (χ0v) is 19.6. The van der Waals surface area contributed by atoms with Gasteiger partial charge >= 0.3 is 12.1 Å². The molecule has 1 aliphatic carbocycles. The molecule has 2 saturated heterocycles. The normalized spacial score (nSPS) is 23.3. The number of ether oxygens (including phenoxy) is 1. The standard InChI is InChI=1S/C26H28N4O5/c1-27-24(33)28-19-10-11-20-18(15-19)12-13-26(20)23(32)30(25(34)35-26)16-22(31)29-14-6-5-9-21(29)17-7-3-2-4-8-17/h2-4,7-8,10-11,15,21H,5-6,9,12-14,16H2,1H3,(H2,27,28,33)/t21-,26?/m1/s1. The van der Waals surface area contributed by atoms with Crippen molar-refractivity contribution in [3.05, 3.63) is 65.2 Å². The first-order valence-corrected chi connectivity index (χ1v) is 11.9. The predicted octanol–water partition coefficient (Wildman–Crippen LogP) is 3.31. The van der Waals surface area contributed by atoms with Gasteiger partial charge in [-0.15, -0.1) is 0 Å². The SMILES string of the molecule is CNC(=O)Nc1ccc2c(c1)CCC21OC(=O)N(CC(=O)N2CCCC[C@@H]2c2ccccc2)C1=O. The van der Waals surface area contributed by atoms with E-state index in [2.05, 4.69) is 10.6 Å². The molecule has 0 radical (unpaired) electrons. The van der Waals surface area contributed by atoms with E-state index in [4.69, 9.17) is 4.74 Å². The number of piperidine rings is 1. The Bertz CT molecular complexity index is 1180. The number of rotatable bonds is 4. The Kier molecular flexibility index (Phi) is 5.92. The Morgan fingerprint density at radius 3 is 2.69 bits per heavy atom. The van der Waals surface area contributed by atoms with Crippen molar-refractivity contribution in [1.29, 1.82) is 0 Å². The molecule has 2 aliphatic heterocycles. The van der Waals surface area contributed by atoms with Gasteiger partial charge in [-0.05, 0) is 48.9 Å². The fraction of sp³-hybridized carbons (Fsp3) is 0.385. The summed E-state index contributed by atoms with van der Waals surface area (Å²) in [6.07, 6.45) is 2.77. The molecule has 9 heteroatoms. The number of benzene rings is 2. The van der Waals surface area contributed by atoms with E-state index in [0.717, 1.165) is 35.3 Å². The maximum atomic E-state index is 13.5. The number of anilines is 1. The maximum absolute atomic E-state index is 13.5. The van der Waals surface area contributed by atoms with E-state index in [1.165, 1.54) is 7.05 Å². The van der Waals surface area contributed by atoms with Gasteiger partial charge in [-0.2, -0.15) is 0 Å². The summed E-state index contributed by atoms with van der Waals surface area (Å²) in [5.41, 5.74) is 1.65. The lowest BCUT2D eigenvalue weighted by atomic mass is 9.94. The Hall–Kier alpha value is -3.88. The molecule has 1 spiro atoms. The molecule has 35 heavy (non-hydrogen) atoms. The molecule has 2 fully saturated rings. The molecule has 0 saturated carbocycles. The van der Waals surface area contributed by atoms with Crippen LogP contribution in [0.5, 0.6) is 0 Å². The van der Waals surface area contributed by atoms with Gasteiger partial charge in [-0.25, -0.2) is 14.5 Å². The van der Waals surface area contributed by atoms with Gasteiger partial charge in [0.2, 0.25) is 11.5 Å². The zero-order valence-electron chi connectivity index (χ0n) is 19.6. The fourth-order valence-corrected chi connectivity index (χ4v) is 5.40. The van der Waals surface area contributed by atoms with Crippen LogP contribution in [0.3, 0.4) is 0 Å². The zero-order chi connectivity index (χ0) is 24.6. The second-order valence-electron chi connectivity index (χ2n) is 9.17. The van der Waals surface area contributed by atoms with Crippen LogP contribution in [0.4, 0.5) is 15.3 Å². The topological polar surface area (TPSA) is 108 Å². The number of fused-ring (bicyclic) bond motifs is 2. The summed E-state index contributed by atoms with van der Waals surface area (Å²) in [7, 11) is 1.52. The minimum Gasteiger partial charge on any atom is -0.427 e. The lowest BCUT2D eigenvalue weighted by Crippen LogP contribution is -2.47. The van der Waals surface area contributed by atoms with Gasteiger partial charge < -0.3 is 20.3 Å². The van der Waals surface area contributed by atoms with Gasteiger partial charge in [-0.1, -0.05) is 36.4 Å². The number of imide groups is 1. The van der Waals surface area contributed by atoms with Crippen LogP contribution in [-0.2, 0) is 26.3 Å². The van der Waals surface area contributed by atoms with Gasteiger partial charge in [0, 0.05) is 31.3 Å². The lowest BCUT2D eigenvalue weighted by Gasteiger charge is -2.36. The number of carbonyl (C=O) groups is 4. The van der Waals surface area contributed by atoms with Crippen LogP contribution < -0.4 is 10.6 Å². The molecule has 0 aromatic heterocycles. The van der Waals surface area contributed by atoms with Gasteiger partial charge in [0.1, 0.15) is 6.54 Å². The first-order chi connectivity index (χ1) is 16.9. The molecule has 9 nitrogen and oxygen atoms in total. The van der Waals surface area contributed by atoms with Crippen LogP contribution >= 0.6 is 0 Å². The second kappa shape index (κ2) is 9.05. The summed E-state index contributed by atoms with van der Waals surface area (Å²) in [5, 5.41) is 5.20. The highest BCUT2D eigenvalue weighted by atomic mass is 16.6. The van der Waals surface area contributed by atoms with Crippen molar-refractivity contribution in [2.45, 2.75) is 43.7 Å². The van der Waals surface area contributed by atoms with Crippen LogP contribution in [0.2, 0.25) is 0 Å². The number of nitrogens with one attached hydrogen (secondary N) is 2. The number of likely N-dealkylation sites (tertiary alicyclic amines) is 1. The van der Waals surface area contributed by atoms with Gasteiger partial charge in [0.25, 0.3) is 5.91 Å². The predicted molar refractivity (Wildman–Crippen MR) is 127 cm³/mol. The van der Waals surface area contributed by atoms with Crippen molar-refractivity contribution < 1.29 is 23.9 Å². The highest BCUT2D eigenvalue weighted by Gasteiger charge is 2.58. The molecule has 1 unspecified atom stereocenters. The van der Waals surface area contributed by atoms with Gasteiger partial charge in [0.05, 0.1) is 6.04 Å². The average molecular weight is 477 g/mol. The van der Waals surface area contributed by atoms with Gasteiger partial charge in [-0.3, -0.25) is 9.59 Å². The molecule has 5 amide bonds. The summed E-state index contributed by atoms with van der Waals surface area (Å²) in [6, 6.07) is 14.6. The van der Waals surface area contributed by atoms with E-state index in [1.807, 2.05) is 30.3 Å². The minimum atomic E-state index is -1.42. The molecule has 5 rings (SSSR count). The van der Waals surface area contributed by atoms with Crippen LogP contribution in [-0.4, -0.2) is 53.9 Å². The van der Waals surface area contributed by atoms with E-state index in [1.54, 1.807) is 23.1 Å². The third-order valence-corrected chi connectivity index (χ3v) is 7.15. The first-order valence-electron chi connectivity index (χ1n) is 11.9. The Labute approximate surface area is 203 Å². The first kappa shape index (κ1) is 22.9. The molecule has 0 bridgehead atoms. The Balaban J connectivity index is 1.34. The second-order valence-corrected chi connectivity index (χ2v) is 9.17. The molecule has 2 aromatic rings. The minimum absolute atomic E-state index is 0.0708. The maximum Gasteiger partial charge on any atom is 0.418 e. The third kappa shape index (κ3) is 4.00. The largest absolute Gasteiger partial charge is 0.427 e. The van der Waals surface area contributed by atoms with Crippen molar-refractivity contribution >= 4 is 29.6 Å². The summed E-state index contributed by atoms with van der Waals surface area (Å²) in [5.74, 6) is -0.765. The van der Waals surface area contributed by atoms with Crippen LogP contribution in [0.1, 0.15) is 48.4 Å². The Morgan fingerprint density at radius 2 is 1.91 bits per heavy atom. The summed E-state index contributed by atoms with van der Waals surface area (Å²) in [6.45, 7) is 0.249. The quantitative estimate of drug-likeness (QED) is 0.704. The van der Waals surface area contributed by atoms with E-state index >= 15 is 0 Å². The van der Waals surface area contributed by atoms with E-state index in [9.17, 15) is 19.2 Å². The highest BCUT2D eigenvalue weighted by molar-refractivity contribution is 6.06.